The molecule has 148 valence electrons. The lowest BCUT2D eigenvalue weighted by Gasteiger charge is -2.29. The van der Waals surface area contributed by atoms with E-state index in [0.717, 1.165) is 0 Å². The summed E-state index contributed by atoms with van der Waals surface area (Å²) in [6.45, 7) is 3.03. The number of carbonyl (C=O) groups excluding carboxylic acids is 1. The third kappa shape index (κ3) is 4.69. The molecule has 1 N–H and O–H groups in total. The molecule has 1 heterocycles. The zero-order chi connectivity index (χ0) is 21.6. The van der Waals surface area contributed by atoms with Gasteiger partial charge in [0, 0.05) is 41.8 Å². The number of rotatable bonds is 5. The van der Waals surface area contributed by atoms with Crippen LogP contribution in [0.2, 0.25) is 0 Å². The van der Waals surface area contributed by atoms with Crippen molar-refractivity contribution in [3.05, 3.63) is 51.2 Å². The van der Waals surface area contributed by atoms with Crippen LogP contribution < -0.4 is 0 Å². The molecule has 8 heteroatoms. The van der Waals surface area contributed by atoms with Crippen LogP contribution >= 0.6 is 0 Å². The van der Waals surface area contributed by atoms with Crippen molar-refractivity contribution < 1.29 is 24.4 Å². The number of nitro groups is 1. The molecule has 2 unspecified atom stereocenters. The molecular formula is C21H18N2O6. The molecule has 0 aromatic heterocycles. The number of aliphatic carboxylic acids is 1. The predicted octanol–water partition coefficient (Wildman–Crippen LogP) is 3.05. The summed E-state index contributed by atoms with van der Waals surface area (Å²) in [5.41, 5.74) is 0.166. The molecule has 0 fully saturated rings. The van der Waals surface area contributed by atoms with Gasteiger partial charge >= 0.3 is 11.9 Å². The number of hydrogen-bond acceptors (Lipinski definition) is 6. The van der Waals surface area contributed by atoms with Crippen LogP contribution in [0.25, 0.3) is 0 Å². The summed E-state index contributed by atoms with van der Waals surface area (Å²) in [6.07, 6.45) is 8.08. The smallest absolute Gasteiger partial charge is 0.350 e. The van der Waals surface area contributed by atoms with Gasteiger partial charge in [-0.25, -0.2) is 4.79 Å². The molecule has 0 saturated heterocycles. The fraction of sp³-hybridized carbons (Fsp3) is 0.286. The maximum atomic E-state index is 12.7. The molecule has 1 aliphatic rings. The standard InChI is InChI=1S/C21H18N2O6/c1-4-5-6-9-12-29-21(26)18-14(3)22-13(2)17(20(24)25)19(18)15-10-7-8-11-16(15)23(27)28/h1,7-8,10-11,17,19H,5-6H2,2-3H3,(H,24,25). The van der Waals surface area contributed by atoms with Crippen LogP contribution in [0.15, 0.2) is 40.5 Å². The second-order valence-corrected chi connectivity index (χ2v) is 6.23. The first kappa shape index (κ1) is 21.4. The number of terminal acetylenes is 1. The molecule has 1 aliphatic heterocycles. The first-order chi connectivity index (χ1) is 13.8. The first-order valence-electron chi connectivity index (χ1n) is 8.64. The number of carboxylic acids is 1. The highest BCUT2D eigenvalue weighted by atomic mass is 16.6. The molecule has 2 rings (SSSR count). The van der Waals surface area contributed by atoms with Gasteiger partial charge < -0.3 is 9.84 Å². The van der Waals surface area contributed by atoms with Crippen LogP contribution in [0.5, 0.6) is 0 Å². The Bertz CT molecular complexity index is 1020. The number of unbranched alkanes of at least 4 members (excludes halogenated alkanes) is 1. The van der Waals surface area contributed by atoms with Gasteiger partial charge in [-0.05, 0) is 13.8 Å². The highest BCUT2D eigenvalue weighted by molar-refractivity contribution is 6.06. The number of aliphatic imine (C=N–C) groups is 1. The van der Waals surface area contributed by atoms with Gasteiger partial charge in [0.25, 0.3) is 5.69 Å². The van der Waals surface area contributed by atoms with Gasteiger partial charge in [0.2, 0.25) is 0 Å². The molecule has 0 amide bonds. The maximum absolute atomic E-state index is 12.7. The lowest BCUT2D eigenvalue weighted by atomic mass is 9.75. The highest BCUT2D eigenvalue weighted by Gasteiger charge is 2.44. The number of allylic oxidation sites excluding steroid dienone is 1. The van der Waals surface area contributed by atoms with E-state index in [-0.39, 0.29) is 28.2 Å². The average Bonchev–Trinajstić information content (AvgIpc) is 2.66. The number of nitro benzene ring substituents is 1. The summed E-state index contributed by atoms with van der Waals surface area (Å²) in [4.78, 5) is 39.7. The summed E-state index contributed by atoms with van der Waals surface area (Å²) < 4.78 is 4.96. The topological polar surface area (TPSA) is 119 Å². The Morgan fingerprint density at radius 3 is 2.62 bits per heavy atom. The Morgan fingerprint density at radius 2 is 2.00 bits per heavy atom. The zero-order valence-corrected chi connectivity index (χ0v) is 15.8. The van der Waals surface area contributed by atoms with Crippen LogP contribution in [0.4, 0.5) is 5.69 Å². The third-order valence-corrected chi connectivity index (χ3v) is 4.39. The van der Waals surface area contributed by atoms with Crippen molar-refractivity contribution in [2.45, 2.75) is 32.6 Å². The molecule has 0 aliphatic carbocycles. The van der Waals surface area contributed by atoms with Crippen LogP contribution in [0.1, 0.15) is 38.2 Å². The predicted molar refractivity (Wildman–Crippen MR) is 105 cm³/mol. The van der Waals surface area contributed by atoms with E-state index >= 15 is 0 Å². The Labute approximate surface area is 167 Å². The van der Waals surface area contributed by atoms with Gasteiger partial charge in [-0.2, -0.15) is 0 Å². The number of esters is 1. The maximum Gasteiger partial charge on any atom is 0.350 e. The zero-order valence-electron chi connectivity index (χ0n) is 15.8. The van der Waals surface area contributed by atoms with Crippen LogP contribution in [-0.4, -0.2) is 27.7 Å². The molecule has 0 saturated carbocycles. The van der Waals surface area contributed by atoms with E-state index in [4.69, 9.17) is 11.2 Å². The average molecular weight is 394 g/mol. The molecule has 0 radical (unpaired) electrons. The van der Waals surface area contributed by atoms with Gasteiger partial charge in [-0.15, -0.1) is 12.3 Å². The Balaban J connectivity index is 2.58. The van der Waals surface area contributed by atoms with E-state index in [2.05, 4.69) is 22.9 Å². The van der Waals surface area contributed by atoms with E-state index < -0.39 is 28.7 Å². The van der Waals surface area contributed by atoms with Gasteiger partial charge in [0.05, 0.1) is 10.5 Å². The number of carboxylic acid groups (broad SMARTS) is 1. The number of para-hydroxylation sites is 1. The second kappa shape index (κ2) is 9.34. The molecule has 0 bridgehead atoms. The Morgan fingerprint density at radius 1 is 1.31 bits per heavy atom. The molecule has 2 atom stereocenters. The number of benzene rings is 1. The van der Waals surface area contributed by atoms with Crippen molar-refractivity contribution in [3.63, 3.8) is 0 Å². The summed E-state index contributed by atoms with van der Waals surface area (Å²) in [5.74, 6) is 0.403. The lowest BCUT2D eigenvalue weighted by Crippen LogP contribution is -2.35. The summed E-state index contributed by atoms with van der Waals surface area (Å²) in [5, 5.41) is 21.3. The van der Waals surface area contributed by atoms with Crippen LogP contribution in [0.3, 0.4) is 0 Å². The fourth-order valence-electron chi connectivity index (χ4n) is 3.20. The van der Waals surface area contributed by atoms with E-state index in [1.807, 2.05) is 0 Å². The minimum Gasteiger partial charge on any atom is -0.481 e. The van der Waals surface area contributed by atoms with E-state index in [0.29, 0.717) is 12.8 Å². The number of nitrogens with zero attached hydrogens (tertiary/aromatic N) is 2. The minimum absolute atomic E-state index is 0.0800. The van der Waals surface area contributed by atoms with E-state index in [9.17, 15) is 24.8 Å². The molecule has 1 aromatic rings. The van der Waals surface area contributed by atoms with Gasteiger partial charge in [-0.3, -0.25) is 19.9 Å². The van der Waals surface area contributed by atoms with Gasteiger partial charge in [-0.1, -0.05) is 24.1 Å². The van der Waals surface area contributed by atoms with Crippen LogP contribution in [0, 0.1) is 40.4 Å². The number of carbonyl (C=O) groups is 2. The van der Waals surface area contributed by atoms with Crippen molar-refractivity contribution in [1.29, 1.82) is 0 Å². The molecule has 29 heavy (non-hydrogen) atoms. The first-order valence-corrected chi connectivity index (χ1v) is 8.64. The number of ether oxygens (including phenoxy) is 1. The fourth-order valence-corrected chi connectivity index (χ4v) is 3.20. The monoisotopic (exact) mass is 394 g/mol. The van der Waals surface area contributed by atoms with Crippen molar-refractivity contribution in [3.8, 4) is 24.4 Å². The van der Waals surface area contributed by atoms with E-state index in [1.165, 1.54) is 32.0 Å². The second-order valence-electron chi connectivity index (χ2n) is 6.23. The lowest BCUT2D eigenvalue weighted by molar-refractivity contribution is -0.385. The third-order valence-electron chi connectivity index (χ3n) is 4.39. The SMILES string of the molecule is C#CCCC#COC(=O)C1=C(C)N=C(C)C(C(=O)O)C1c1ccccc1[N+](=O)[O-]. The van der Waals surface area contributed by atoms with Crippen molar-refractivity contribution in [2.75, 3.05) is 0 Å². The quantitative estimate of drug-likeness (QED) is 0.269. The molecule has 8 nitrogen and oxygen atoms in total. The normalized spacial score (nSPS) is 18.0. The Hall–Kier alpha value is -3.91. The summed E-state index contributed by atoms with van der Waals surface area (Å²) in [7, 11) is 0. The molecule has 1 aromatic carbocycles. The van der Waals surface area contributed by atoms with Crippen molar-refractivity contribution in [1.82, 2.24) is 0 Å². The van der Waals surface area contributed by atoms with Crippen molar-refractivity contribution >= 4 is 23.3 Å². The summed E-state index contributed by atoms with van der Waals surface area (Å²) in [6, 6.07) is 5.69. The van der Waals surface area contributed by atoms with Gasteiger partial charge in [0.15, 0.2) is 0 Å². The number of hydrogen-bond donors (Lipinski definition) is 1. The Kier molecular flexibility index (Phi) is 6.89. The highest BCUT2D eigenvalue weighted by Crippen LogP contribution is 2.42. The minimum atomic E-state index is -1.27. The molecule has 0 spiro atoms. The summed E-state index contributed by atoms with van der Waals surface area (Å²) >= 11 is 0. The van der Waals surface area contributed by atoms with E-state index in [1.54, 1.807) is 6.07 Å². The van der Waals surface area contributed by atoms with Gasteiger partial charge in [0.1, 0.15) is 12.0 Å². The largest absolute Gasteiger partial charge is 0.481 e. The molecular weight excluding hydrogens is 376 g/mol. The van der Waals surface area contributed by atoms with Crippen molar-refractivity contribution in [2.24, 2.45) is 10.9 Å². The van der Waals surface area contributed by atoms with Crippen LogP contribution in [-0.2, 0) is 14.3 Å².